The van der Waals surface area contributed by atoms with Gasteiger partial charge in [-0.05, 0) is 72.8 Å². The third-order valence-electron chi connectivity index (χ3n) is 9.30. The molecule has 0 aliphatic rings. The molecular weight excluding hydrogens is 572 g/mol. The molecule has 0 bridgehead atoms. The van der Waals surface area contributed by atoms with E-state index in [1.807, 2.05) is 86.0 Å². The van der Waals surface area contributed by atoms with Crippen LogP contribution in [0.4, 0.5) is 0 Å². The normalized spacial score (nSPS) is 12.3. The quantitative estimate of drug-likeness (QED) is 0.199. The molecule has 46 heavy (non-hydrogen) atoms. The van der Waals surface area contributed by atoms with Crippen molar-refractivity contribution in [2.75, 3.05) is 0 Å². The van der Waals surface area contributed by atoms with Crippen molar-refractivity contribution < 1.29 is 8.83 Å². The van der Waals surface area contributed by atoms with Crippen molar-refractivity contribution in [2.45, 2.75) is 0 Å². The van der Waals surface area contributed by atoms with E-state index in [2.05, 4.69) is 65.5 Å². The van der Waals surface area contributed by atoms with Crippen LogP contribution in [0, 0.1) is 0 Å². The molecule has 0 fully saturated rings. The second-order valence-corrected chi connectivity index (χ2v) is 11.6. The maximum Gasteiger partial charge on any atom is 0.178 e. The number of hydrogen-bond donors (Lipinski definition) is 0. The predicted octanol–water partition coefficient (Wildman–Crippen LogP) is 9.26. The van der Waals surface area contributed by atoms with Gasteiger partial charge in [-0.1, -0.05) is 0 Å². The average molecular weight is 593 g/mol. The van der Waals surface area contributed by atoms with Gasteiger partial charge in [0.25, 0.3) is 0 Å². The molecule has 11 rings (SSSR count). The lowest BCUT2D eigenvalue weighted by Crippen LogP contribution is -1.93. The van der Waals surface area contributed by atoms with Gasteiger partial charge in [-0.3, -0.25) is 19.9 Å². The first-order valence-electron chi connectivity index (χ1n) is 15.0. The first-order chi connectivity index (χ1) is 22.8. The van der Waals surface area contributed by atoms with Crippen molar-refractivity contribution in [3.05, 3.63) is 122 Å². The zero-order valence-electron chi connectivity index (χ0n) is 24.0. The van der Waals surface area contributed by atoms with E-state index in [1.165, 1.54) is 0 Å². The molecule has 0 saturated heterocycles. The molecule has 0 aliphatic heterocycles. The molecule has 0 N–H and O–H groups in total. The third kappa shape index (κ3) is 3.02. The Kier molecular flexibility index (Phi) is 4.43. The summed E-state index contributed by atoms with van der Waals surface area (Å²) in [4.78, 5) is 17.5. The van der Waals surface area contributed by atoms with Gasteiger partial charge >= 0.3 is 0 Å². The van der Waals surface area contributed by atoms with Gasteiger partial charge in [0, 0.05) is 104 Å². The Morgan fingerprint density at radius 2 is 0.739 bits per heavy atom. The number of aromatic nitrogens is 6. The molecule has 3 aromatic carbocycles. The number of fused-ring (bicyclic) bond motifs is 13. The molecule has 0 spiro atoms. The summed E-state index contributed by atoms with van der Waals surface area (Å²) in [5.41, 5.74) is 9.50. The maximum absolute atomic E-state index is 6.52. The molecule has 0 radical (unpaired) electrons. The first kappa shape index (κ1) is 23.9. The lowest BCUT2D eigenvalue weighted by atomic mass is 10.1. The van der Waals surface area contributed by atoms with Gasteiger partial charge in [0.15, 0.2) is 11.2 Å². The Hall–Kier alpha value is -6.54. The van der Waals surface area contributed by atoms with Gasteiger partial charge in [0.05, 0.1) is 22.1 Å². The predicted molar refractivity (Wildman–Crippen MR) is 181 cm³/mol. The largest absolute Gasteiger partial charge is 0.452 e. The summed E-state index contributed by atoms with van der Waals surface area (Å²) in [5, 5.41) is 8.36. The molecule has 8 heterocycles. The summed E-state index contributed by atoms with van der Waals surface area (Å²) in [7, 11) is 0. The molecule has 0 unspecified atom stereocenters. The monoisotopic (exact) mass is 592 g/mol. The number of nitrogens with zero attached hydrogens (tertiary/aromatic N) is 6. The van der Waals surface area contributed by atoms with Crippen LogP contribution in [-0.2, 0) is 0 Å². The van der Waals surface area contributed by atoms with Crippen LogP contribution in [0.25, 0.3) is 98.9 Å². The maximum atomic E-state index is 6.52. The highest BCUT2D eigenvalue weighted by atomic mass is 16.4. The Morgan fingerprint density at radius 3 is 1.11 bits per heavy atom. The van der Waals surface area contributed by atoms with Gasteiger partial charge < -0.3 is 18.0 Å². The molecule has 8 heteroatoms. The van der Waals surface area contributed by atoms with Crippen molar-refractivity contribution in [1.82, 2.24) is 29.1 Å². The SMILES string of the molecule is c1cc2c(cn1)c1cnccc1n2-c1ccc2oc3c(ccc4c5cc(-n6c7ccncc7c7cnccc76)ccc5oc43)c2c1. The fourth-order valence-corrected chi connectivity index (χ4v) is 7.30. The fraction of sp³-hybridized carbons (Fsp3) is 0. The first-order valence-corrected chi connectivity index (χ1v) is 15.0. The molecule has 8 nitrogen and oxygen atoms in total. The Bertz CT molecular complexity index is 2740. The summed E-state index contributed by atoms with van der Waals surface area (Å²) in [5.74, 6) is 0. The number of pyridine rings is 4. The molecule has 0 atom stereocenters. The van der Waals surface area contributed by atoms with Gasteiger partial charge in [-0.25, -0.2) is 0 Å². The van der Waals surface area contributed by atoms with Crippen molar-refractivity contribution in [3.8, 4) is 11.4 Å². The Balaban J connectivity index is 1.13. The van der Waals surface area contributed by atoms with Gasteiger partial charge in [-0.15, -0.1) is 0 Å². The highest BCUT2D eigenvalue weighted by Crippen LogP contribution is 2.41. The van der Waals surface area contributed by atoms with Gasteiger partial charge in [-0.2, -0.15) is 0 Å². The molecule has 8 aromatic heterocycles. The highest BCUT2D eigenvalue weighted by Gasteiger charge is 2.19. The van der Waals surface area contributed by atoms with Crippen LogP contribution in [0.5, 0.6) is 0 Å². The molecule has 11 aromatic rings. The minimum atomic E-state index is 0.743. The minimum Gasteiger partial charge on any atom is -0.452 e. The lowest BCUT2D eigenvalue weighted by molar-refractivity contribution is 0.633. The minimum absolute atomic E-state index is 0.743. The topological polar surface area (TPSA) is 87.7 Å². The third-order valence-corrected chi connectivity index (χ3v) is 9.30. The van der Waals surface area contributed by atoms with E-state index in [0.717, 1.165) is 98.9 Å². The smallest absolute Gasteiger partial charge is 0.178 e. The van der Waals surface area contributed by atoms with Crippen LogP contribution < -0.4 is 0 Å². The van der Waals surface area contributed by atoms with Crippen molar-refractivity contribution in [3.63, 3.8) is 0 Å². The number of furan rings is 2. The van der Waals surface area contributed by atoms with E-state index in [4.69, 9.17) is 8.83 Å². The van der Waals surface area contributed by atoms with E-state index in [0.29, 0.717) is 0 Å². The van der Waals surface area contributed by atoms with Crippen LogP contribution in [0.15, 0.2) is 131 Å². The van der Waals surface area contributed by atoms with E-state index in [-0.39, 0.29) is 0 Å². The number of rotatable bonds is 2. The second-order valence-electron chi connectivity index (χ2n) is 11.6. The highest BCUT2D eigenvalue weighted by molar-refractivity contribution is 6.19. The van der Waals surface area contributed by atoms with Gasteiger partial charge in [0.2, 0.25) is 0 Å². The standard InChI is InChI=1S/C38H20N6O2/c1-5-35-25(15-21(1)43-31-7-11-39-17-27(31)28-18-40-12-8-32(28)43)23-3-4-24-26-16-22(2-6-36(26)46-38(24)37(23)45-35)44-33-9-13-41-19-29(33)30-20-42-14-10-34(30)44/h1-20H. The molecule has 0 saturated carbocycles. The number of benzene rings is 3. The number of hydrogen-bond acceptors (Lipinski definition) is 6. The van der Waals surface area contributed by atoms with E-state index in [9.17, 15) is 0 Å². The Morgan fingerprint density at radius 1 is 0.370 bits per heavy atom. The fourth-order valence-electron chi connectivity index (χ4n) is 7.30. The second kappa shape index (κ2) is 8.55. The van der Waals surface area contributed by atoms with E-state index in [1.54, 1.807) is 0 Å². The van der Waals surface area contributed by atoms with Gasteiger partial charge in [0.1, 0.15) is 11.2 Å². The molecule has 0 aliphatic carbocycles. The summed E-state index contributed by atoms with van der Waals surface area (Å²) in [6.45, 7) is 0. The van der Waals surface area contributed by atoms with Crippen LogP contribution in [0.1, 0.15) is 0 Å². The van der Waals surface area contributed by atoms with Crippen LogP contribution in [0.2, 0.25) is 0 Å². The lowest BCUT2D eigenvalue weighted by Gasteiger charge is -2.07. The summed E-state index contributed by atoms with van der Waals surface area (Å²) in [6.07, 6.45) is 14.9. The molecule has 214 valence electrons. The van der Waals surface area contributed by atoms with Crippen molar-refractivity contribution >= 4 is 87.5 Å². The van der Waals surface area contributed by atoms with E-state index < -0.39 is 0 Å². The summed E-state index contributed by atoms with van der Waals surface area (Å²) >= 11 is 0. The van der Waals surface area contributed by atoms with Crippen LogP contribution in [-0.4, -0.2) is 29.1 Å². The summed E-state index contributed by atoms with van der Waals surface area (Å²) in [6, 6.07) is 25.2. The van der Waals surface area contributed by atoms with Crippen molar-refractivity contribution in [1.29, 1.82) is 0 Å². The molecule has 0 amide bonds. The summed E-state index contributed by atoms with van der Waals surface area (Å²) < 4.78 is 17.6. The van der Waals surface area contributed by atoms with Crippen LogP contribution >= 0.6 is 0 Å². The Labute approximate surface area is 258 Å². The molecular formula is C38H20N6O2. The van der Waals surface area contributed by atoms with Crippen LogP contribution in [0.3, 0.4) is 0 Å². The van der Waals surface area contributed by atoms with Crippen molar-refractivity contribution in [2.24, 2.45) is 0 Å². The van der Waals surface area contributed by atoms with E-state index >= 15 is 0 Å². The average Bonchev–Trinajstić information content (AvgIpc) is 3.85. The zero-order valence-corrected chi connectivity index (χ0v) is 24.0. The zero-order chi connectivity index (χ0) is 29.9.